The normalized spacial score (nSPS) is 17.2. The first-order chi connectivity index (χ1) is 8.26. The first-order valence-electron chi connectivity index (χ1n) is 5.73. The zero-order valence-electron chi connectivity index (χ0n) is 9.85. The molecule has 0 aliphatic carbocycles. The molecule has 0 atom stereocenters. The van der Waals surface area contributed by atoms with Gasteiger partial charge >= 0.3 is 0 Å². The van der Waals surface area contributed by atoms with E-state index in [-0.39, 0.29) is 17.9 Å². The lowest BCUT2D eigenvalue weighted by atomic mass is 9.98. The van der Waals surface area contributed by atoms with Crippen molar-refractivity contribution in [2.24, 2.45) is 5.92 Å². The summed E-state index contributed by atoms with van der Waals surface area (Å²) in [5.74, 6) is 1.21. The van der Waals surface area contributed by atoms with Gasteiger partial charge in [-0.3, -0.25) is 4.79 Å². The highest BCUT2D eigenvalue weighted by atomic mass is 16.5. The van der Waals surface area contributed by atoms with Crippen LogP contribution in [-0.4, -0.2) is 41.9 Å². The number of hydrogen-bond acceptors (Lipinski definition) is 5. The van der Waals surface area contributed by atoms with E-state index in [4.69, 9.17) is 9.84 Å². The molecule has 0 bridgehead atoms. The van der Waals surface area contributed by atoms with E-state index >= 15 is 0 Å². The predicted molar refractivity (Wildman–Crippen MR) is 63.4 cm³/mol. The standard InChI is InChI=1S/C11H17N3O3/c1-17-9-10(12-7-13-11(9)16)14-4-2-8(6-15)3-5-14/h7-8,15H,2-6H2,1H3,(H,12,13,16). The summed E-state index contributed by atoms with van der Waals surface area (Å²) in [6.45, 7) is 1.81. The van der Waals surface area contributed by atoms with Crippen LogP contribution in [0, 0.1) is 5.92 Å². The molecule has 0 amide bonds. The van der Waals surface area contributed by atoms with Crippen molar-refractivity contribution in [3.8, 4) is 5.75 Å². The molecule has 1 aromatic heterocycles. The predicted octanol–water partition coefficient (Wildman–Crippen LogP) is -0.0128. The summed E-state index contributed by atoms with van der Waals surface area (Å²) in [6, 6.07) is 0. The van der Waals surface area contributed by atoms with Gasteiger partial charge in [-0.1, -0.05) is 0 Å². The molecule has 2 N–H and O–H groups in total. The number of aliphatic hydroxyl groups is 1. The topological polar surface area (TPSA) is 78.5 Å². The number of H-pyrrole nitrogens is 1. The van der Waals surface area contributed by atoms with Gasteiger partial charge < -0.3 is 19.7 Å². The Morgan fingerprint density at radius 1 is 1.59 bits per heavy atom. The lowest BCUT2D eigenvalue weighted by Gasteiger charge is -2.32. The average molecular weight is 239 g/mol. The van der Waals surface area contributed by atoms with Crippen LogP contribution < -0.4 is 15.2 Å². The van der Waals surface area contributed by atoms with Crippen molar-refractivity contribution in [3.63, 3.8) is 0 Å². The van der Waals surface area contributed by atoms with Crippen LogP contribution in [0.2, 0.25) is 0 Å². The zero-order valence-corrected chi connectivity index (χ0v) is 9.85. The number of nitrogens with zero attached hydrogens (tertiary/aromatic N) is 2. The summed E-state index contributed by atoms with van der Waals surface area (Å²) in [4.78, 5) is 20.2. The molecular formula is C11H17N3O3. The van der Waals surface area contributed by atoms with E-state index in [2.05, 4.69) is 9.97 Å². The van der Waals surface area contributed by atoms with Crippen LogP contribution in [0.1, 0.15) is 12.8 Å². The lowest BCUT2D eigenvalue weighted by Crippen LogP contribution is -2.36. The Morgan fingerprint density at radius 2 is 2.29 bits per heavy atom. The monoisotopic (exact) mass is 239 g/mol. The van der Waals surface area contributed by atoms with E-state index in [1.165, 1.54) is 13.4 Å². The Labute approximate surface area is 99.2 Å². The number of aromatic nitrogens is 2. The van der Waals surface area contributed by atoms with Crippen molar-refractivity contribution >= 4 is 5.82 Å². The molecule has 0 saturated carbocycles. The van der Waals surface area contributed by atoms with Gasteiger partial charge in [0.1, 0.15) is 0 Å². The van der Waals surface area contributed by atoms with Crippen molar-refractivity contribution in [1.29, 1.82) is 0 Å². The fourth-order valence-electron chi connectivity index (χ4n) is 2.11. The summed E-state index contributed by atoms with van der Waals surface area (Å²) >= 11 is 0. The molecule has 1 aliphatic heterocycles. The van der Waals surface area contributed by atoms with Crippen molar-refractivity contribution in [3.05, 3.63) is 16.7 Å². The third-order valence-electron chi connectivity index (χ3n) is 3.17. The highest BCUT2D eigenvalue weighted by Gasteiger charge is 2.22. The van der Waals surface area contributed by atoms with E-state index in [1.54, 1.807) is 0 Å². The molecule has 6 heteroatoms. The zero-order chi connectivity index (χ0) is 12.3. The minimum atomic E-state index is -0.262. The van der Waals surface area contributed by atoms with Crippen molar-refractivity contribution in [2.45, 2.75) is 12.8 Å². The molecular weight excluding hydrogens is 222 g/mol. The third-order valence-corrected chi connectivity index (χ3v) is 3.17. The van der Waals surface area contributed by atoms with Crippen LogP contribution in [-0.2, 0) is 0 Å². The van der Waals surface area contributed by atoms with Crippen molar-refractivity contribution < 1.29 is 9.84 Å². The molecule has 0 spiro atoms. The number of methoxy groups -OCH3 is 1. The Morgan fingerprint density at radius 3 is 2.88 bits per heavy atom. The van der Waals surface area contributed by atoms with Crippen LogP contribution in [0.15, 0.2) is 11.1 Å². The van der Waals surface area contributed by atoms with Crippen LogP contribution in [0.4, 0.5) is 5.82 Å². The molecule has 0 unspecified atom stereocenters. The van der Waals surface area contributed by atoms with Crippen LogP contribution >= 0.6 is 0 Å². The first-order valence-corrected chi connectivity index (χ1v) is 5.73. The van der Waals surface area contributed by atoms with Gasteiger partial charge in [-0.05, 0) is 18.8 Å². The number of ether oxygens (including phenoxy) is 1. The molecule has 0 radical (unpaired) electrons. The largest absolute Gasteiger partial charge is 0.489 e. The SMILES string of the molecule is COc1c(N2CCC(CO)CC2)nc[nH]c1=O. The van der Waals surface area contributed by atoms with Crippen LogP contribution in [0.3, 0.4) is 0 Å². The van der Waals surface area contributed by atoms with Crippen LogP contribution in [0.5, 0.6) is 5.75 Å². The summed E-state index contributed by atoms with van der Waals surface area (Å²) in [6.07, 6.45) is 3.21. The summed E-state index contributed by atoms with van der Waals surface area (Å²) in [5.41, 5.74) is -0.262. The smallest absolute Gasteiger partial charge is 0.295 e. The van der Waals surface area contributed by atoms with Gasteiger partial charge in [0.05, 0.1) is 13.4 Å². The molecule has 0 aromatic carbocycles. The third kappa shape index (κ3) is 2.41. The molecule has 17 heavy (non-hydrogen) atoms. The molecule has 94 valence electrons. The molecule has 2 heterocycles. The number of nitrogens with one attached hydrogen (secondary N) is 1. The second-order valence-electron chi connectivity index (χ2n) is 4.20. The van der Waals surface area contributed by atoms with Crippen LogP contribution in [0.25, 0.3) is 0 Å². The fraction of sp³-hybridized carbons (Fsp3) is 0.636. The van der Waals surface area contributed by atoms with E-state index in [1.807, 2.05) is 4.90 Å². The maximum atomic E-state index is 11.5. The highest BCUT2D eigenvalue weighted by molar-refractivity contribution is 5.50. The molecule has 2 rings (SSSR count). The summed E-state index contributed by atoms with van der Waals surface area (Å²) in [7, 11) is 1.47. The van der Waals surface area contributed by atoms with Crippen molar-refractivity contribution in [1.82, 2.24) is 9.97 Å². The van der Waals surface area contributed by atoms with Crippen molar-refractivity contribution in [2.75, 3.05) is 31.7 Å². The van der Waals surface area contributed by atoms with E-state index in [0.717, 1.165) is 25.9 Å². The Bertz CT molecular complexity index is 424. The number of anilines is 1. The van der Waals surface area contributed by atoms with Gasteiger partial charge in [0.15, 0.2) is 5.82 Å². The average Bonchev–Trinajstić information content (AvgIpc) is 2.38. The number of aromatic amines is 1. The summed E-state index contributed by atoms with van der Waals surface area (Å²) < 4.78 is 5.09. The van der Waals surface area contributed by atoms with E-state index in [9.17, 15) is 4.79 Å². The number of piperidine rings is 1. The Hall–Kier alpha value is -1.56. The first kappa shape index (κ1) is 11.9. The van der Waals surface area contributed by atoms with Gasteiger partial charge in [0.25, 0.3) is 5.56 Å². The lowest BCUT2D eigenvalue weighted by molar-refractivity contribution is 0.202. The molecule has 1 aliphatic rings. The summed E-state index contributed by atoms with van der Waals surface area (Å²) in [5, 5.41) is 9.08. The van der Waals surface area contributed by atoms with Gasteiger partial charge in [-0.25, -0.2) is 4.98 Å². The minimum Gasteiger partial charge on any atom is -0.489 e. The van der Waals surface area contributed by atoms with Gasteiger partial charge in [-0.2, -0.15) is 0 Å². The number of hydrogen-bond donors (Lipinski definition) is 2. The molecule has 1 aromatic rings. The Balaban J connectivity index is 2.18. The minimum absolute atomic E-state index is 0.230. The quantitative estimate of drug-likeness (QED) is 0.775. The van der Waals surface area contributed by atoms with E-state index in [0.29, 0.717) is 11.7 Å². The maximum absolute atomic E-state index is 11.5. The molecule has 1 fully saturated rings. The van der Waals surface area contributed by atoms with Gasteiger partial charge in [-0.15, -0.1) is 0 Å². The molecule has 6 nitrogen and oxygen atoms in total. The highest BCUT2D eigenvalue weighted by Crippen LogP contribution is 2.25. The number of aliphatic hydroxyl groups excluding tert-OH is 1. The van der Waals surface area contributed by atoms with Gasteiger partial charge in [0.2, 0.25) is 5.75 Å². The second kappa shape index (κ2) is 5.18. The Kier molecular flexibility index (Phi) is 3.63. The second-order valence-corrected chi connectivity index (χ2v) is 4.20. The number of rotatable bonds is 3. The molecule has 1 saturated heterocycles. The fourth-order valence-corrected chi connectivity index (χ4v) is 2.11. The van der Waals surface area contributed by atoms with E-state index < -0.39 is 0 Å². The van der Waals surface area contributed by atoms with Gasteiger partial charge in [0, 0.05) is 19.7 Å². The maximum Gasteiger partial charge on any atom is 0.295 e.